The fraction of sp³-hybridized carbons (Fsp3) is 1.00. The summed E-state index contributed by atoms with van der Waals surface area (Å²) in [7, 11) is 0. The molecule has 0 saturated carbocycles. The maximum atomic E-state index is 5.13. The Labute approximate surface area is 37.3 Å². The molecular weight excluding hydrogens is 85.5 g/mol. The second-order valence-corrected chi connectivity index (χ2v) is 0.898. The molecule has 0 heterocycles. The average molecular weight is 92.5 g/mol. The van der Waals surface area contributed by atoms with Crippen molar-refractivity contribution in [3.63, 3.8) is 0 Å². The first kappa shape index (κ1) is 5.25. The van der Waals surface area contributed by atoms with Crippen molar-refractivity contribution >= 4 is 11.6 Å². The molecule has 31 valence electrons. The SMILES string of the molecule is CC[N]CCl. The predicted molar refractivity (Wildman–Crippen MR) is 23.4 cm³/mol. The Balaban J connectivity index is 2.19. The number of rotatable bonds is 2. The quantitative estimate of drug-likeness (QED) is 0.354. The Kier molecular flexibility index (Phi) is 4.46. The van der Waals surface area contributed by atoms with Gasteiger partial charge in [-0.15, -0.1) is 11.6 Å². The summed E-state index contributed by atoms with van der Waals surface area (Å²) in [6.45, 7) is 2.80. The van der Waals surface area contributed by atoms with Gasteiger partial charge in [0.1, 0.15) is 0 Å². The lowest BCUT2D eigenvalue weighted by Gasteiger charge is -1.80. The molecule has 2 heteroatoms. The number of hydrogen-bond acceptors (Lipinski definition) is 0. The summed E-state index contributed by atoms with van der Waals surface area (Å²) in [4.78, 5) is 0. The van der Waals surface area contributed by atoms with Crippen LogP contribution < -0.4 is 5.32 Å². The first-order valence-electron chi connectivity index (χ1n) is 1.61. The molecule has 0 spiro atoms. The van der Waals surface area contributed by atoms with Gasteiger partial charge in [0.2, 0.25) is 0 Å². The van der Waals surface area contributed by atoms with Gasteiger partial charge in [0, 0.05) is 6.54 Å². The van der Waals surface area contributed by atoms with E-state index in [2.05, 4.69) is 5.32 Å². The Morgan fingerprint density at radius 1 is 1.80 bits per heavy atom. The van der Waals surface area contributed by atoms with Crippen LogP contribution in [-0.2, 0) is 0 Å². The van der Waals surface area contributed by atoms with E-state index in [0.717, 1.165) is 6.54 Å². The summed E-state index contributed by atoms with van der Waals surface area (Å²) < 4.78 is 0. The molecule has 0 bridgehead atoms. The minimum Gasteiger partial charge on any atom is -0.226 e. The molecule has 0 rings (SSSR count). The van der Waals surface area contributed by atoms with Crippen LogP contribution in [0.1, 0.15) is 6.92 Å². The lowest BCUT2D eigenvalue weighted by Crippen LogP contribution is -1.97. The van der Waals surface area contributed by atoms with Gasteiger partial charge in [0.05, 0.1) is 6.00 Å². The van der Waals surface area contributed by atoms with Crippen molar-refractivity contribution < 1.29 is 0 Å². The molecular formula is C3H7ClN. The monoisotopic (exact) mass is 92.0 g/mol. The van der Waals surface area contributed by atoms with Crippen LogP contribution in [0.3, 0.4) is 0 Å². The van der Waals surface area contributed by atoms with Crippen LogP contribution in [-0.4, -0.2) is 12.5 Å². The van der Waals surface area contributed by atoms with Crippen molar-refractivity contribution in [3.05, 3.63) is 0 Å². The van der Waals surface area contributed by atoms with E-state index in [1.807, 2.05) is 6.92 Å². The van der Waals surface area contributed by atoms with Crippen molar-refractivity contribution in [2.75, 3.05) is 12.5 Å². The molecule has 0 atom stereocenters. The third-order valence-electron chi connectivity index (χ3n) is 0.308. The highest BCUT2D eigenvalue weighted by atomic mass is 35.5. The van der Waals surface area contributed by atoms with Gasteiger partial charge in [-0.3, -0.25) is 0 Å². The third kappa shape index (κ3) is 4.25. The normalized spacial score (nSPS) is 8.40. The summed E-state index contributed by atoms with van der Waals surface area (Å²) >= 11 is 5.13. The molecule has 0 unspecified atom stereocenters. The molecule has 0 amide bonds. The summed E-state index contributed by atoms with van der Waals surface area (Å²) in [6, 6.07) is 0.441. The predicted octanol–water partition coefficient (Wildman–Crippen LogP) is 0.807. The Morgan fingerprint density at radius 2 is 2.40 bits per heavy atom. The van der Waals surface area contributed by atoms with Gasteiger partial charge in [-0.2, -0.15) is 0 Å². The summed E-state index contributed by atoms with van der Waals surface area (Å²) in [5, 5.41) is 3.74. The maximum absolute atomic E-state index is 5.13. The van der Waals surface area contributed by atoms with E-state index in [0.29, 0.717) is 6.00 Å². The highest BCUT2D eigenvalue weighted by Crippen LogP contribution is 1.64. The van der Waals surface area contributed by atoms with Gasteiger partial charge < -0.3 is 0 Å². The van der Waals surface area contributed by atoms with Crippen LogP contribution in [0.25, 0.3) is 0 Å². The van der Waals surface area contributed by atoms with Crippen molar-refractivity contribution in [1.82, 2.24) is 5.32 Å². The van der Waals surface area contributed by atoms with Crippen molar-refractivity contribution in [2.45, 2.75) is 6.92 Å². The largest absolute Gasteiger partial charge is 0.226 e. The van der Waals surface area contributed by atoms with E-state index in [1.54, 1.807) is 0 Å². The zero-order valence-electron chi connectivity index (χ0n) is 3.24. The Morgan fingerprint density at radius 3 is 2.40 bits per heavy atom. The van der Waals surface area contributed by atoms with E-state index < -0.39 is 0 Å². The second-order valence-electron chi connectivity index (χ2n) is 0.659. The maximum Gasteiger partial charge on any atom is 0.0877 e. The lowest BCUT2D eigenvalue weighted by atomic mass is 10.8. The van der Waals surface area contributed by atoms with E-state index in [-0.39, 0.29) is 0 Å². The van der Waals surface area contributed by atoms with Crippen LogP contribution >= 0.6 is 11.6 Å². The van der Waals surface area contributed by atoms with E-state index in [1.165, 1.54) is 0 Å². The number of hydrogen-bond donors (Lipinski definition) is 0. The number of nitrogens with zero attached hydrogens (tertiary/aromatic N) is 1. The fourth-order valence-corrected chi connectivity index (χ4v) is 0.254. The van der Waals surface area contributed by atoms with Crippen LogP contribution in [0.15, 0.2) is 0 Å². The smallest absolute Gasteiger partial charge is 0.0877 e. The Hall–Kier alpha value is 0.250. The molecule has 0 saturated heterocycles. The molecule has 5 heavy (non-hydrogen) atoms. The zero-order chi connectivity index (χ0) is 4.12. The van der Waals surface area contributed by atoms with Gasteiger partial charge in [-0.25, -0.2) is 5.32 Å². The van der Waals surface area contributed by atoms with Crippen LogP contribution in [0.2, 0.25) is 0 Å². The summed E-state index contributed by atoms with van der Waals surface area (Å²) in [5.41, 5.74) is 0. The van der Waals surface area contributed by atoms with Gasteiger partial charge in [0.25, 0.3) is 0 Å². The molecule has 0 aliphatic rings. The Bertz CT molecular complexity index is 14.4. The standard InChI is InChI=1S/C3H7ClN/c1-2-5-3-4/h2-3H2,1H3. The highest BCUT2D eigenvalue weighted by Gasteiger charge is 1.68. The highest BCUT2D eigenvalue weighted by molar-refractivity contribution is 6.17. The van der Waals surface area contributed by atoms with E-state index in [9.17, 15) is 0 Å². The minimum atomic E-state index is 0.441. The topological polar surface area (TPSA) is 14.1 Å². The molecule has 1 nitrogen and oxygen atoms in total. The molecule has 0 aromatic rings. The number of alkyl halides is 1. The molecule has 0 fully saturated rings. The molecule has 0 aromatic heterocycles. The first-order chi connectivity index (χ1) is 2.41. The van der Waals surface area contributed by atoms with Crippen molar-refractivity contribution in [2.24, 2.45) is 0 Å². The van der Waals surface area contributed by atoms with E-state index >= 15 is 0 Å². The summed E-state index contributed by atoms with van der Waals surface area (Å²) in [6.07, 6.45) is 0. The van der Waals surface area contributed by atoms with Crippen LogP contribution in [0.4, 0.5) is 0 Å². The van der Waals surface area contributed by atoms with Gasteiger partial charge >= 0.3 is 0 Å². The molecule has 0 N–H and O–H groups in total. The average Bonchev–Trinajstić information content (AvgIpc) is 1.41. The molecule has 1 radical (unpaired) electrons. The first-order valence-corrected chi connectivity index (χ1v) is 2.14. The van der Waals surface area contributed by atoms with Crippen molar-refractivity contribution in [3.8, 4) is 0 Å². The summed E-state index contributed by atoms with van der Waals surface area (Å²) in [5.74, 6) is 0. The van der Waals surface area contributed by atoms with Gasteiger partial charge in [-0.1, -0.05) is 6.92 Å². The fourth-order valence-electron chi connectivity index (χ4n) is 0.0845. The third-order valence-corrected chi connectivity index (χ3v) is 0.477. The van der Waals surface area contributed by atoms with Crippen LogP contribution in [0, 0.1) is 0 Å². The molecule has 0 aromatic carbocycles. The van der Waals surface area contributed by atoms with Gasteiger partial charge in [-0.05, 0) is 0 Å². The van der Waals surface area contributed by atoms with Crippen LogP contribution in [0.5, 0.6) is 0 Å². The minimum absolute atomic E-state index is 0.441. The van der Waals surface area contributed by atoms with Gasteiger partial charge in [0.15, 0.2) is 0 Å². The zero-order valence-corrected chi connectivity index (χ0v) is 4.00. The lowest BCUT2D eigenvalue weighted by molar-refractivity contribution is 0.816. The molecule has 0 aliphatic heterocycles. The molecule has 0 aliphatic carbocycles. The number of halogens is 1. The second kappa shape index (κ2) is 4.25. The van der Waals surface area contributed by atoms with E-state index in [4.69, 9.17) is 11.6 Å². The van der Waals surface area contributed by atoms with Crippen molar-refractivity contribution in [1.29, 1.82) is 0 Å².